The number of pyridine rings is 1. The van der Waals surface area contributed by atoms with Gasteiger partial charge in [0.2, 0.25) is 5.70 Å². The number of carboxylic acid groups (broad SMARTS) is 1. The van der Waals surface area contributed by atoms with Crippen LogP contribution in [0.1, 0.15) is 34.3 Å². The Bertz CT molecular complexity index is 1490. The molecule has 214 valence electrons. The fourth-order valence-electron chi connectivity index (χ4n) is 5.18. The van der Waals surface area contributed by atoms with E-state index in [2.05, 4.69) is 15.3 Å². The number of benzene rings is 1. The molecule has 2 amide bonds. The minimum absolute atomic E-state index is 0.159. The van der Waals surface area contributed by atoms with Crippen LogP contribution in [0.5, 0.6) is 0 Å². The number of quaternary nitrogens is 1. The van der Waals surface area contributed by atoms with Crippen LogP contribution in [0.15, 0.2) is 76.4 Å². The molecule has 41 heavy (non-hydrogen) atoms. The van der Waals surface area contributed by atoms with Gasteiger partial charge in [-0.2, -0.15) is 24.0 Å². The predicted molar refractivity (Wildman–Crippen MR) is 140 cm³/mol. The summed E-state index contributed by atoms with van der Waals surface area (Å²) < 4.78 is 43.9. The Labute approximate surface area is 232 Å². The molecule has 0 aliphatic carbocycles. The van der Waals surface area contributed by atoms with Crippen LogP contribution in [0, 0.1) is 5.92 Å². The van der Waals surface area contributed by atoms with E-state index in [9.17, 15) is 27.9 Å². The molecule has 11 nitrogen and oxygen atoms in total. The van der Waals surface area contributed by atoms with Gasteiger partial charge in [-0.05, 0) is 49.2 Å². The van der Waals surface area contributed by atoms with Gasteiger partial charge in [0.15, 0.2) is 0 Å². The van der Waals surface area contributed by atoms with E-state index in [4.69, 9.17) is 15.6 Å². The van der Waals surface area contributed by atoms with E-state index in [0.717, 1.165) is 18.3 Å². The smallest absolute Gasteiger partial charge is 0.416 e. The number of aromatic nitrogens is 1. The monoisotopic (exact) mass is 569 g/mol. The van der Waals surface area contributed by atoms with Crippen LogP contribution in [0.3, 0.4) is 0 Å². The van der Waals surface area contributed by atoms with E-state index in [1.165, 1.54) is 30.3 Å². The first-order chi connectivity index (χ1) is 19.5. The van der Waals surface area contributed by atoms with Crippen LogP contribution >= 0.6 is 0 Å². The zero-order valence-electron chi connectivity index (χ0n) is 21.8. The molecule has 0 radical (unpaired) electrons. The molecule has 2 aromatic rings. The number of methoxy groups -OCH3 is 1. The number of aliphatic imine (C=N–C) groups is 2. The molecule has 1 aromatic carbocycles. The molecule has 3 N–H and O–H groups in total. The number of allylic oxidation sites excluding steroid dienone is 1. The largest absolute Gasteiger partial charge is 0.530 e. The van der Waals surface area contributed by atoms with E-state index < -0.39 is 23.7 Å². The summed E-state index contributed by atoms with van der Waals surface area (Å²) in [5.74, 6) is 6.07. The van der Waals surface area contributed by atoms with E-state index in [0.29, 0.717) is 35.6 Å². The lowest BCUT2D eigenvalue weighted by atomic mass is 9.90. The number of nitrogens with two attached hydrogens (primary N) is 1. The Balaban J connectivity index is 1.38. The van der Waals surface area contributed by atoms with Crippen molar-refractivity contribution in [2.24, 2.45) is 21.7 Å². The Morgan fingerprint density at radius 2 is 1.98 bits per heavy atom. The standard InChI is InChI=1S/C27H26F3N7O4/c1-41-15-20-7-6-18(14-36(20)26(39)40)23-21-13-32-10-11-37(21,31)24(35-23)16-2-4-17(5-3-16)25(38)34-22-12-19(8-9-33-22)27(28,29)30/h2-5,8-13,18,20H,6-7,14-15,31H2,1H3,(H-,33,34,38,39,40). The maximum atomic E-state index is 13.0. The number of carbonyl (C=O) groups excluding carboxylic acids is 2. The molecule has 3 aliphatic rings. The van der Waals surface area contributed by atoms with Crippen molar-refractivity contribution >= 4 is 29.9 Å². The Kier molecular flexibility index (Phi) is 7.46. The first kappa shape index (κ1) is 28.1. The lowest BCUT2D eigenvalue weighted by Crippen LogP contribution is -2.54. The molecule has 0 bridgehead atoms. The molecule has 0 spiro atoms. The fourth-order valence-corrected chi connectivity index (χ4v) is 5.18. The number of fused-ring (bicyclic) bond motifs is 1. The van der Waals surface area contributed by atoms with Crippen LogP contribution in [-0.2, 0) is 10.9 Å². The zero-order valence-corrected chi connectivity index (χ0v) is 21.8. The maximum absolute atomic E-state index is 13.0. The van der Waals surface area contributed by atoms with Gasteiger partial charge in [0.25, 0.3) is 11.7 Å². The summed E-state index contributed by atoms with van der Waals surface area (Å²) in [6.07, 6.45) is 1.09. The van der Waals surface area contributed by atoms with Gasteiger partial charge in [-0.1, -0.05) is 0 Å². The number of amides is 2. The quantitative estimate of drug-likeness (QED) is 0.404. The van der Waals surface area contributed by atoms with Crippen molar-refractivity contribution in [1.29, 1.82) is 0 Å². The minimum atomic E-state index is -4.57. The van der Waals surface area contributed by atoms with Gasteiger partial charge in [-0.25, -0.2) is 4.98 Å². The average molecular weight is 570 g/mol. The second-order valence-corrected chi connectivity index (χ2v) is 9.82. The van der Waals surface area contributed by atoms with Crippen LogP contribution < -0.4 is 16.3 Å². The van der Waals surface area contributed by atoms with E-state index in [1.54, 1.807) is 24.5 Å². The number of hydrogen-bond donors (Lipinski definition) is 2. The third-order valence-electron chi connectivity index (χ3n) is 7.24. The van der Waals surface area contributed by atoms with Crippen molar-refractivity contribution in [2.75, 3.05) is 25.6 Å². The third kappa shape index (κ3) is 5.49. The molecule has 1 fully saturated rings. The number of nitrogens with one attached hydrogen (secondary N) is 1. The van der Waals surface area contributed by atoms with Crippen molar-refractivity contribution in [3.63, 3.8) is 0 Å². The van der Waals surface area contributed by atoms with Crippen LogP contribution in [-0.4, -0.2) is 64.8 Å². The number of rotatable bonds is 6. The van der Waals surface area contributed by atoms with Gasteiger partial charge in [0.1, 0.15) is 23.8 Å². The highest BCUT2D eigenvalue weighted by atomic mass is 19.4. The SMILES string of the molecule is COCC1CCC(C2=C3C=NC=C[N+]3(N)C(c3ccc(C(=O)Nc4cc(C(F)(F)F)ccn4)cc3)=N2)CN1C(=O)[O-]. The van der Waals surface area contributed by atoms with Gasteiger partial charge in [-0.3, -0.25) is 9.79 Å². The highest BCUT2D eigenvalue weighted by Crippen LogP contribution is 2.38. The molecule has 5 rings (SSSR count). The second kappa shape index (κ2) is 10.9. The Morgan fingerprint density at radius 3 is 2.66 bits per heavy atom. The highest BCUT2D eigenvalue weighted by Gasteiger charge is 2.47. The Hall–Kier alpha value is -4.40. The van der Waals surface area contributed by atoms with Crippen molar-refractivity contribution in [3.05, 3.63) is 83.1 Å². The van der Waals surface area contributed by atoms with Crippen molar-refractivity contribution in [2.45, 2.75) is 25.1 Å². The number of nitrogens with zero attached hydrogens (tertiary/aromatic N) is 5. The summed E-state index contributed by atoms with van der Waals surface area (Å²) in [5.41, 5.74) is 1.03. The minimum Gasteiger partial charge on any atom is -0.530 e. The van der Waals surface area contributed by atoms with Crippen LogP contribution in [0.4, 0.5) is 23.8 Å². The molecular formula is C27H26F3N7O4. The van der Waals surface area contributed by atoms with Crippen LogP contribution in [0.25, 0.3) is 0 Å². The molecule has 0 saturated carbocycles. The molecule has 14 heteroatoms. The normalized spacial score (nSPS) is 23.8. The molecule has 3 aliphatic heterocycles. The number of carbonyl (C=O) groups is 2. The molecular weight excluding hydrogens is 543 g/mol. The number of alkyl halides is 3. The summed E-state index contributed by atoms with van der Waals surface area (Å²) in [4.78, 5) is 38.7. The van der Waals surface area contributed by atoms with Gasteiger partial charge in [0, 0.05) is 31.3 Å². The lowest BCUT2D eigenvalue weighted by molar-refractivity contribution is -0.750. The molecule has 3 atom stereocenters. The maximum Gasteiger partial charge on any atom is 0.416 e. The van der Waals surface area contributed by atoms with Gasteiger partial charge < -0.3 is 24.9 Å². The number of likely N-dealkylation sites (tertiary alicyclic amines) is 1. The average Bonchev–Trinajstić information content (AvgIpc) is 3.26. The first-order valence-electron chi connectivity index (χ1n) is 12.6. The summed E-state index contributed by atoms with van der Waals surface area (Å²) in [7, 11) is 1.51. The first-order valence-corrected chi connectivity index (χ1v) is 12.6. The van der Waals surface area contributed by atoms with Gasteiger partial charge in [-0.15, -0.1) is 4.59 Å². The number of amidine groups is 1. The van der Waals surface area contributed by atoms with Gasteiger partial charge in [0.05, 0.1) is 36.2 Å². The molecule has 1 saturated heterocycles. The number of piperidine rings is 1. The second-order valence-electron chi connectivity index (χ2n) is 9.82. The topological polar surface area (TPSA) is 145 Å². The zero-order chi connectivity index (χ0) is 29.4. The van der Waals surface area contributed by atoms with E-state index in [-0.39, 0.29) is 41.1 Å². The van der Waals surface area contributed by atoms with E-state index >= 15 is 0 Å². The van der Waals surface area contributed by atoms with Crippen LogP contribution in [0.2, 0.25) is 0 Å². The number of hydrogen-bond acceptors (Lipinski definition) is 8. The Morgan fingerprint density at radius 1 is 1.22 bits per heavy atom. The fraction of sp³-hybridized carbons (Fsp3) is 0.296. The van der Waals surface area contributed by atoms with Crippen molar-refractivity contribution < 1.29 is 37.2 Å². The molecule has 4 heterocycles. The van der Waals surface area contributed by atoms with E-state index in [1.807, 2.05) is 0 Å². The molecule has 3 unspecified atom stereocenters. The lowest BCUT2D eigenvalue weighted by Gasteiger charge is -2.40. The summed E-state index contributed by atoms with van der Waals surface area (Å²) in [6, 6.07) is 7.51. The summed E-state index contributed by atoms with van der Waals surface area (Å²) in [5, 5.41) is 14.2. The highest BCUT2D eigenvalue weighted by molar-refractivity contribution is 6.05. The molecule has 1 aromatic heterocycles. The van der Waals surface area contributed by atoms with Gasteiger partial charge >= 0.3 is 6.18 Å². The van der Waals surface area contributed by atoms with Crippen molar-refractivity contribution in [1.82, 2.24) is 9.88 Å². The number of anilines is 1. The number of halogens is 3. The summed E-state index contributed by atoms with van der Waals surface area (Å²) >= 11 is 0. The predicted octanol–water partition coefficient (Wildman–Crippen LogP) is 2.64. The summed E-state index contributed by atoms with van der Waals surface area (Å²) in [6.45, 7) is 0.415. The van der Waals surface area contributed by atoms with Crippen molar-refractivity contribution in [3.8, 4) is 0 Å². The third-order valence-corrected chi connectivity index (χ3v) is 7.24. The number of ether oxygens (including phenoxy) is 1.